The summed E-state index contributed by atoms with van der Waals surface area (Å²) in [7, 11) is 0. The van der Waals surface area contributed by atoms with Crippen LogP contribution in [0.3, 0.4) is 0 Å². The highest BCUT2D eigenvalue weighted by Crippen LogP contribution is 2.25. The maximum Gasteiger partial charge on any atom is 0.254 e. The maximum atomic E-state index is 13.1. The molecule has 2 aromatic rings. The van der Waals surface area contributed by atoms with E-state index in [1.54, 1.807) is 17.0 Å². The van der Waals surface area contributed by atoms with E-state index in [0.717, 1.165) is 37.1 Å². The second kappa shape index (κ2) is 9.75. The number of piperazine rings is 1. The fourth-order valence-electron chi connectivity index (χ4n) is 4.21. The van der Waals surface area contributed by atoms with Crippen LogP contribution in [-0.2, 0) is 16.1 Å². The third kappa shape index (κ3) is 5.11. The van der Waals surface area contributed by atoms with Gasteiger partial charge in [-0.3, -0.25) is 19.3 Å². The van der Waals surface area contributed by atoms with Crippen molar-refractivity contribution < 1.29 is 14.4 Å². The van der Waals surface area contributed by atoms with Crippen LogP contribution in [-0.4, -0.2) is 60.2 Å². The van der Waals surface area contributed by atoms with Crippen LogP contribution in [0.4, 0.5) is 0 Å². The van der Waals surface area contributed by atoms with Crippen LogP contribution < -0.4 is 10.6 Å². The lowest BCUT2D eigenvalue weighted by atomic mass is 10.0. The second-order valence-electron chi connectivity index (χ2n) is 8.05. The highest BCUT2D eigenvalue weighted by Gasteiger charge is 2.29. The van der Waals surface area contributed by atoms with Crippen LogP contribution in [0.2, 0.25) is 0 Å². The lowest BCUT2D eigenvalue weighted by Crippen LogP contribution is -2.49. The van der Waals surface area contributed by atoms with Gasteiger partial charge in [-0.1, -0.05) is 42.5 Å². The summed E-state index contributed by atoms with van der Waals surface area (Å²) in [5, 5.41) is 5.78. The Kier molecular flexibility index (Phi) is 6.62. The molecule has 2 aliphatic heterocycles. The number of amides is 3. The van der Waals surface area contributed by atoms with Crippen molar-refractivity contribution in [3.05, 3.63) is 71.3 Å². The molecule has 2 heterocycles. The van der Waals surface area contributed by atoms with E-state index < -0.39 is 0 Å². The Labute approximate surface area is 182 Å². The standard InChI is InChI=1S/C24H28N4O3/c29-21-17-28(15-12-25-21)24(31)20-10-8-18(9-11-20)16-26-23(30)22(27-13-4-5-14-27)19-6-2-1-3-7-19/h1-3,6-11,22H,4-5,12-17H2,(H,25,29)(H,26,30). The molecule has 1 unspecified atom stereocenters. The Morgan fingerprint density at radius 2 is 1.68 bits per heavy atom. The highest BCUT2D eigenvalue weighted by molar-refractivity contribution is 5.97. The number of carbonyl (C=O) groups is 3. The van der Waals surface area contributed by atoms with Crippen LogP contribution in [0, 0.1) is 0 Å². The summed E-state index contributed by atoms with van der Waals surface area (Å²) in [6.45, 7) is 3.34. The van der Waals surface area contributed by atoms with Gasteiger partial charge in [0.1, 0.15) is 6.04 Å². The topological polar surface area (TPSA) is 81.8 Å². The SMILES string of the molecule is O=C1CN(C(=O)c2ccc(CNC(=O)C(c3ccccc3)N3CCCC3)cc2)CCN1. The minimum atomic E-state index is -0.283. The van der Waals surface area contributed by atoms with Crippen molar-refractivity contribution >= 4 is 17.7 Å². The van der Waals surface area contributed by atoms with Gasteiger partial charge in [0.25, 0.3) is 5.91 Å². The summed E-state index contributed by atoms with van der Waals surface area (Å²) in [4.78, 5) is 41.0. The molecule has 3 amide bonds. The molecule has 7 heteroatoms. The van der Waals surface area contributed by atoms with Gasteiger partial charge in [0.15, 0.2) is 0 Å². The van der Waals surface area contributed by atoms with Crippen LogP contribution >= 0.6 is 0 Å². The van der Waals surface area contributed by atoms with E-state index in [1.165, 1.54) is 0 Å². The fourth-order valence-corrected chi connectivity index (χ4v) is 4.21. The van der Waals surface area contributed by atoms with E-state index in [9.17, 15) is 14.4 Å². The van der Waals surface area contributed by atoms with E-state index in [0.29, 0.717) is 25.2 Å². The molecular formula is C24H28N4O3. The van der Waals surface area contributed by atoms with E-state index >= 15 is 0 Å². The van der Waals surface area contributed by atoms with Crippen molar-refractivity contribution in [1.29, 1.82) is 0 Å². The van der Waals surface area contributed by atoms with Gasteiger partial charge in [-0.05, 0) is 49.2 Å². The first kappa shape index (κ1) is 21.1. The number of rotatable bonds is 6. The number of benzene rings is 2. The predicted molar refractivity (Wildman–Crippen MR) is 117 cm³/mol. The Morgan fingerprint density at radius 3 is 2.35 bits per heavy atom. The number of hydrogen-bond acceptors (Lipinski definition) is 4. The molecule has 0 radical (unpaired) electrons. The summed E-state index contributed by atoms with van der Waals surface area (Å²) in [6, 6.07) is 16.8. The molecule has 2 aliphatic rings. The Morgan fingerprint density at radius 1 is 0.968 bits per heavy atom. The van der Waals surface area contributed by atoms with Gasteiger partial charge in [0.2, 0.25) is 11.8 Å². The molecule has 162 valence electrons. The lowest BCUT2D eigenvalue weighted by Gasteiger charge is -2.27. The van der Waals surface area contributed by atoms with Crippen molar-refractivity contribution in [2.45, 2.75) is 25.4 Å². The molecule has 2 N–H and O–H groups in total. The molecule has 0 bridgehead atoms. The number of hydrogen-bond donors (Lipinski definition) is 2. The molecule has 31 heavy (non-hydrogen) atoms. The van der Waals surface area contributed by atoms with Crippen molar-refractivity contribution in [2.24, 2.45) is 0 Å². The fraction of sp³-hybridized carbons (Fsp3) is 0.375. The van der Waals surface area contributed by atoms with Crippen LogP contribution in [0.25, 0.3) is 0 Å². The first-order valence-corrected chi connectivity index (χ1v) is 10.8. The molecule has 0 spiro atoms. The van der Waals surface area contributed by atoms with E-state index in [-0.39, 0.29) is 30.3 Å². The summed E-state index contributed by atoms with van der Waals surface area (Å²) in [6.07, 6.45) is 2.23. The summed E-state index contributed by atoms with van der Waals surface area (Å²) in [5.74, 6) is -0.291. The van der Waals surface area contributed by atoms with Gasteiger partial charge < -0.3 is 15.5 Å². The minimum Gasteiger partial charge on any atom is -0.353 e. The zero-order valence-electron chi connectivity index (χ0n) is 17.5. The monoisotopic (exact) mass is 420 g/mol. The van der Waals surface area contributed by atoms with E-state index in [1.807, 2.05) is 42.5 Å². The summed E-state index contributed by atoms with van der Waals surface area (Å²) < 4.78 is 0. The van der Waals surface area contributed by atoms with E-state index in [2.05, 4.69) is 15.5 Å². The first-order chi connectivity index (χ1) is 15.1. The van der Waals surface area contributed by atoms with Gasteiger partial charge in [-0.15, -0.1) is 0 Å². The second-order valence-corrected chi connectivity index (χ2v) is 8.05. The Hall–Kier alpha value is -3.19. The molecule has 4 rings (SSSR count). The minimum absolute atomic E-state index is 0.00687. The van der Waals surface area contributed by atoms with Crippen molar-refractivity contribution in [1.82, 2.24) is 20.4 Å². The molecule has 0 aliphatic carbocycles. The Balaban J connectivity index is 1.38. The number of carbonyl (C=O) groups excluding carboxylic acids is 3. The van der Waals surface area contributed by atoms with Gasteiger partial charge in [0.05, 0.1) is 6.54 Å². The quantitative estimate of drug-likeness (QED) is 0.746. The molecular weight excluding hydrogens is 392 g/mol. The van der Waals surface area contributed by atoms with Crippen molar-refractivity contribution in [3.63, 3.8) is 0 Å². The molecule has 1 atom stereocenters. The molecule has 0 aromatic heterocycles. The predicted octanol–water partition coefficient (Wildman–Crippen LogP) is 1.71. The normalized spacial score (nSPS) is 17.8. The first-order valence-electron chi connectivity index (χ1n) is 10.8. The third-order valence-corrected chi connectivity index (χ3v) is 5.86. The average Bonchev–Trinajstić information content (AvgIpc) is 3.33. The Bertz CT molecular complexity index is 924. The van der Waals surface area contributed by atoms with Crippen molar-refractivity contribution in [3.8, 4) is 0 Å². The lowest BCUT2D eigenvalue weighted by molar-refractivity contribution is -0.126. The smallest absolute Gasteiger partial charge is 0.254 e. The van der Waals surface area contributed by atoms with Crippen LogP contribution in [0.5, 0.6) is 0 Å². The zero-order valence-corrected chi connectivity index (χ0v) is 17.5. The van der Waals surface area contributed by atoms with Crippen molar-refractivity contribution in [2.75, 3.05) is 32.7 Å². The number of likely N-dealkylation sites (tertiary alicyclic amines) is 1. The molecule has 2 saturated heterocycles. The largest absolute Gasteiger partial charge is 0.353 e. The average molecular weight is 421 g/mol. The molecule has 2 aromatic carbocycles. The number of nitrogens with zero attached hydrogens (tertiary/aromatic N) is 2. The molecule has 7 nitrogen and oxygen atoms in total. The summed E-state index contributed by atoms with van der Waals surface area (Å²) >= 11 is 0. The van der Waals surface area contributed by atoms with Gasteiger partial charge in [0, 0.05) is 25.2 Å². The molecule has 0 saturated carbocycles. The van der Waals surface area contributed by atoms with E-state index in [4.69, 9.17) is 0 Å². The van der Waals surface area contributed by atoms with Gasteiger partial charge in [-0.2, -0.15) is 0 Å². The number of nitrogens with one attached hydrogen (secondary N) is 2. The summed E-state index contributed by atoms with van der Waals surface area (Å²) in [5.41, 5.74) is 2.48. The van der Waals surface area contributed by atoms with Crippen LogP contribution in [0.15, 0.2) is 54.6 Å². The maximum absolute atomic E-state index is 13.1. The van der Waals surface area contributed by atoms with Crippen LogP contribution in [0.1, 0.15) is 40.4 Å². The molecule has 2 fully saturated rings. The van der Waals surface area contributed by atoms with Gasteiger partial charge in [-0.25, -0.2) is 0 Å². The highest BCUT2D eigenvalue weighted by atomic mass is 16.2. The zero-order chi connectivity index (χ0) is 21.6. The van der Waals surface area contributed by atoms with Gasteiger partial charge >= 0.3 is 0 Å². The third-order valence-electron chi connectivity index (χ3n) is 5.86.